The van der Waals surface area contributed by atoms with Gasteiger partial charge < -0.3 is 5.32 Å². The van der Waals surface area contributed by atoms with Crippen LogP contribution in [0.3, 0.4) is 0 Å². The lowest BCUT2D eigenvalue weighted by atomic mass is 9.87. The SMILES string of the molecule is CC1CCCC(NC(=O)c2cc(Cl)nc3ccccc23)C1. The maximum absolute atomic E-state index is 12.6. The van der Waals surface area contributed by atoms with E-state index < -0.39 is 0 Å². The number of benzene rings is 1. The number of aromatic nitrogens is 1. The van der Waals surface area contributed by atoms with Crippen molar-refractivity contribution in [3.05, 3.63) is 41.0 Å². The number of amides is 1. The summed E-state index contributed by atoms with van der Waals surface area (Å²) in [6, 6.07) is 9.53. The van der Waals surface area contributed by atoms with Crippen LogP contribution in [0.1, 0.15) is 43.0 Å². The number of nitrogens with one attached hydrogen (secondary N) is 1. The Morgan fingerprint density at radius 2 is 2.14 bits per heavy atom. The van der Waals surface area contributed by atoms with Crippen molar-refractivity contribution in [1.29, 1.82) is 0 Å². The normalized spacial score (nSPS) is 22.2. The van der Waals surface area contributed by atoms with E-state index >= 15 is 0 Å². The Kier molecular flexibility index (Phi) is 4.11. The molecule has 1 aromatic heterocycles. The number of para-hydroxylation sites is 1. The van der Waals surface area contributed by atoms with Crippen molar-refractivity contribution in [1.82, 2.24) is 10.3 Å². The van der Waals surface area contributed by atoms with E-state index in [1.807, 2.05) is 24.3 Å². The Balaban J connectivity index is 1.87. The van der Waals surface area contributed by atoms with Gasteiger partial charge in [-0.15, -0.1) is 0 Å². The van der Waals surface area contributed by atoms with Crippen LogP contribution in [0.25, 0.3) is 10.9 Å². The number of hydrogen-bond acceptors (Lipinski definition) is 2. The van der Waals surface area contributed by atoms with Gasteiger partial charge in [-0.2, -0.15) is 0 Å². The molecule has 0 saturated heterocycles. The molecule has 21 heavy (non-hydrogen) atoms. The molecule has 2 unspecified atom stereocenters. The highest BCUT2D eigenvalue weighted by atomic mass is 35.5. The smallest absolute Gasteiger partial charge is 0.252 e. The Labute approximate surface area is 129 Å². The van der Waals surface area contributed by atoms with Crippen molar-refractivity contribution in [2.75, 3.05) is 0 Å². The minimum absolute atomic E-state index is 0.0467. The zero-order chi connectivity index (χ0) is 14.8. The minimum Gasteiger partial charge on any atom is -0.349 e. The van der Waals surface area contributed by atoms with Crippen molar-refractivity contribution < 1.29 is 4.79 Å². The summed E-state index contributed by atoms with van der Waals surface area (Å²) in [5.41, 5.74) is 1.37. The number of rotatable bonds is 2. The molecule has 1 saturated carbocycles. The van der Waals surface area contributed by atoms with Gasteiger partial charge in [-0.25, -0.2) is 4.98 Å². The highest BCUT2D eigenvalue weighted by Gasteiger charge is 2.22. The predicted molar refractivity (Wildman–Crippen MR) is 85.6 cm³/mol. The third kappa shape index (κ3) is 3.18. The van der Waals surface area contributed by atoms with E-state index in [0.29, 0.717) is 16.6 Å². The minimum atomic E-state index is -0.0467. The Bertz CT molecular complexity index is 671. The van der Waals surface area contributed by atoms with Crippen molar-refractivity contribution >= 4 is 28.4 Å². The Morgan fingerprint density at radius 3 is 2.95 bits per heavy atom. The van der Waals surface area contributed by atoms with Crippen molar-refractivity contribution in [3.8, 4) is 0 Å². The fourth-order valence-corrected chi connectivity index (χ4v) is 3.36. The average Bonchev–Trinajstić information content (AvgIpc) is 2.46. The molecule has 0 bridgehead atoms. The second-order valence-electron chi connectivity index (χ2n) is 5.95. The van der Waals surface area contributed by atoms with Gasteiger partial charge in [0.2, 0.25) is 0 Å². The van der Waals surface area contributed by atoms with E-state index in [0.717, 1.165) is 23.7 Å². The second kappa shape index (κ2) is 6.02. The monoisotopic (exact) mass is 302 g/mol. The summed E-state index contributed by atoms with van der Waals surface area (Å²) < 4.78 is 0. The molecule has 2 aromatic rings. The third-order valence-electron chi connectivity index (χ3n) is 4.20. The van der Waals surface area contributed by atoms with Crippen LogP contribution in [0.5, 0.6) is 0 Å². The molecule has 0 aliphatic heterocycles. The van der Waals surface area contributed by atoms with E-state index in [1.165, 1.54) is 12.8 Å². The van der Waals surface area contributed by atoms with E-state index in [-0.39, 0.29) is 11.9 Å². The summed E-state index contributed by atoms with van der Waals surface area (Å²) in [6.07, 6.45) is 4.57. The molecule has 2 atom stereocenters. The zero-order valence-electron chi connectivity index (χ0n) is 12.1. The summed E-state index contributed by atoms with van der Waals surface area (Å²) >= 11 is 6.04. The van der Waals surface area contributed by atoms with Crippen LogP contribution < -0.4 is 5.32 Å². The van der Waals surface area contributed by atoms with Crippen LogP contribution in [0.2, 0.25) is 5.15 Å². The lowest BCUT2D eigenvalue weighted by Crippen LogP contribution is -2.38. The first kappa shape index (κ1) is 14.3. The standard InChI is InChI=1S/C17H19ClN2O/c1-11-5-4-6-12(9-11)19-17(21)14-10-16(18)20-15-8-3-2-7-13(14)15/h2-3,7-8,10-12H,4-6,9H2,1H3,(H,19,21). The number of carbonyl (C=O) groups is 1. The van der Waals surface area contributed by atoms with Gasteiger partial charge in [0.05, 0.1) is 11.1 Å². The van der Waals surface area contributed by atoms with E-state index in [1.54, 1.807) is 6.07 Å². The number of pyridine rings is 1. The highest BCUT2D eigenvalue weighted by molar-refractivity contribution is 6.30. The van der Waals surface area contributed by atoms with E-state index in [9.17, 15) is 4.79 Å². The lowest BCUT2D eigenvalue weighted by molar-refractivity contribution is 0.0923. The van der Waals surface area contributed by atoms with Crippen molar-refractivity contribution in [2.24, 2.45) is 5.92 Å². The van der Waals surface area contributed by atoms with Gasteiger partial charge in [0.15, 0.2) is 0 Å². The molecule has 3 nitrogen and oxygen atoms in total. The quantitative estimate of drug-likeness (QED) is 0.845. The fraction of sp³-hybridized carbons (Fsp3) is 0.412. The molecule has 4 heteroatoms. The van der Waals surface area contributed by atoms with Gasteiger partial charge in [0, 0.05) is 11.4 Å². The number of halogens is 1. The molecular weight excluding hydrogens is 284 g/mol. The topological polar surface area (TPSA) is 42.0 Å². The maximum Gasteiger partial charge on any atom is 0.252 e. The first-order chi connectivity index (χ1) is 10.1. The van der Waals surface area contributed by atoms with Gasteiger partial charge in [-0.1, -0.05) is 49.6 Å². The van der Waals surface area contributed by atoms with E-state index in [2.05, 4.69) is 17.2 Å². The summed E-state index contributed by atoms with van der Waals surface area (Å²) in [5, 5.41) is 4.37. The molecule has 110 valence electrons. The highest BCUT2D eigenvalue weighted by Crippen LogP contribution is 2.25. The molecule has 1 N–H and O–H groups in total. The van der Waals surface area contributed by atoms with Crippen molar-refractivity contribution in [2.45, 2.75) is 38.6 Å². The number of carbonyl (C=O) groups excluding carboxylic acids is 1. The van der Waals surface area contributed by atoms with Gasteiger partial charge in [-0.05, 0) is 30.9 Å². The van der Waals surface area contributed by atoms with Gasteiger partial charge >= 0.3 is 0 Å². The molecule has 1 fully saturated rings. The fourth-order valence-electron chi connectivity index (χ4n) is 3.16. The number of nitrogens with zero attached hydrogens (tertiary/aromatic N) is 1. The molecular formula is C17H19ClN2O. The van der Waals surface area contributed by atoms with Crippen LogP contribution in [-0.2, 0) is 0 Å². The van der Waals surface area contributed by atoms with Gasteiger partial charge in [0.1, 0.15) is 5.15 Å². The molecule has 0 radical (unpaired) electrons. The summed E-state index contributed by atoms with van der Waals surface area (Å²) in [6.45, 7) is 2.25. The molecule has 0 spiro atoms. The predicted octanol–water partition coefficient (Wildman–Crippen LogP) is 4.20. The van der Waals surface area contributed by atoms with Crippen LogP contribution in [0, 0.1) is 5.92 Å². The summed E-state index contributed by atoms with van der Waals surface area (Å²) in [5.74, 6) is 0.636. The molecule has 1 aromatic carbocycles. The van der Waals surface area contributed by atoms with Crippen molar-refractivity contribution in [3.63, 3.8) is 0 Å². The van der Waals surface area contributed by atoms with Crippen LogP contribution in [0.15, 0.2) is 30.3 Å². The molecule has 1 aliphatic rings. The lowest BCUT2D eigenvalue weighted by Gasteiger charge is -2.27. The Hall–Kier alpha value is -1.61. The first-order valence-electron chi connectivity index (χ1n) is 7.49. The Morgan fingerprint density at radius 1 is 1.33 bits per heavy atom. The number of fused-ring (bicyclic) bond motifs is 1. The van der Waals surface area contributed by atoms with Crippen LogP contribution in [0.4, 0.5) is 0 Å². The number of hydrogen-bond donors (Lipinski definition) is 1. The molecule has 1 aliphatic carbocycles. The van der Waals surface area contributed by atoms with Gasteiger partial charge in [0.25, 0.3) is 5.91 Å². The summed E-state index contributed by atoms with van der Waals surface area (Å²) in [7, 11) is 0. The van der Waals surface area contributed by atoms with Gasteiger partial charge in [-0.3, -0.25) is 4.79 Å². The third-order valence-corrected chi connectivity index (χ3v) is 4.39. The second-order valence-corrected chi connectivity index (χ2v) is 6.34. The molecule has 1 amide bonds. The molecule has 1 heterocycles. The first-order valence-corrected chi connectivity index (χ1v) is 7.87. The van der Waals surface area contributed by atoms with Crippen LogP contribution in [-0.4, -0.2) is 16.9 Å². The molecule has 3 rings (SSSR count). The van der Waals surface area contributed by atoms with Crippen LogP contribution >= 0.6 is 11.6 Å². The maximum atomic E-state index is 12.6. The van der Waals surface area contributed by atoms with E-state index in [4.69, 9.17) is 11.6 Å². The average molecular weight is 303 g/mol. The summed E-state index contributed by atoms with van der Waals surface area (Å²) in [4.78, 5) is 16.9. The zero-order valence-corrected chi connectivity index (χ0v) is 12.9. The largest absolute Gasteiger partial charge is 0.349 e.